The molecule has 4 nitrogen and oxygen atoms in total. The Hall–Kier alpha value is -1.49. The number of hydrogen-bond acceptors (Lipinski definition) is 4. The SMILES string of the molecule is CC1(C)C(N=C2NC(=O)C(CCNc3ccccc3)S2)C1(C)C. The molecule has 1 unspecified atom stereocenters. The van der Waals surface area contributed by atoms with Crippen LogP contribution < -0.4 is 10.6 Å². The van der Waals surface area contributed by atoms with Crippen molar-refractivity contribution >= 4 is 28.5 Å². The van der Waals surface area contributed by atoms with Crippen molar-refractivity contribution in [1.82, 2.24) is 5.32 Å². The van der Waals surface area contributed by atoms with E-state index in [1.165, 1.54) is 0 Å². The number of anilines is 1. The molecule has 1 amide bonds. The number of para-hydroxylation sites is 1. The molecule has 0 spiro atoms. The fourth-order valence-electron chi connectivity index (χ4n) is 3.16. The highest BCUT2D eigenvalue weighted by Crippen LogP contribution is 2.64. The van der Waals surface area contributed by atoms with E-state index >= 15 is 0 Å². The number of amides is 1. The molecule has 23 heavy (non-hydrogen) atoms. The average Bonchev–Trinajstić information content (AvgIpc) is 2.77. The van der Waals surface area contributed by atoms with Crippen molar-refractivity contribution in [1.29, 1.82) is 0 Å². The molecule has 1 aliphatic carbocycles. The van der Waals surface area contributed by atoms with Crippen molar-refractivity contribution in [3.63, 3.8) is 0 Å². The molecule has 5 heteroatoms. The highest BCUT2D eigenvalue weighted by atomic mass is 32.2. The molecule has 1 aromatic rings. The first kappa shape index (κ1) is 16.4. The van der Waals surface area contributed by atoms with Gasteiger partial charge in [0.2, 0.25) is 5.91 Å². The van der Waals surface area contributed by atoms with Gasteiger partial charge in [-0.2, -0.15) is 0 Å². The summed E-state index contributed by atoms with van der Waals surface area (Å²) in [4.78, 5) is 16.9. The summed E-state index contributed by atoms with van der Waals surface area (Å²) < 4.78 is 0. The topological polar surface area (TPSA) is 53.5 Å². The van der Waals surface area contributed by atoms with Gasteiger partial charge in [-0.15, -0.1) is 0 Å². The maximum absolute atomic E-state index is 12.1. The summed E-state index contributed by atoms with van der Waals surface area (Å²) in [6, 6.07) is 10.4. The molecule has 3 rings (SSSR count). The van der Waals surface area contributed by atoms with Crippen molar-refractivity contribution in [3.05, 3.63) is 30.3 Å². The summed E-state index contributed by atoms with van der Waals surface area (Å²) in [6.07, 6.45) is 0.794. The summed E-state index contributed by atoms with van der Waals surface area (Å²) in [6.45, 7) is 9.74. The summed E-state index contributed by atoms with van der Waals surface area (Å²) in [5.41, 5.74) is 1.50. The lowest BCUT2D eigenvalue weighted by Crippen LogP contribution is -2.26. The second-order valence-corrected chi connectivity index (χ2v) is 8.65. The fraction of sp³-hybridized carbons (Fsp3) is 0.556. The molecule has 0 radical (unpaired) electrons. The Morgan fingerprint density at radius 1 is 1.17 bits per heavy atom. The zero-order chi connectivity index (χ0) is 16.7. The molecule has 1 aliphatic heterocycles. The lowest BCUT2D eigenvalue weighted by atomic mass is 10.0. The van der Waals surface area contributed by atoms with Crippen LogP contribution in [-0.2, 0) is 4.79 Å². The van der Waals surface area contributed by atoms with Crippen LogP contribution in [0.15, 0.2) is 35.3 Å². The summed E-state index contributed by atoms with van der Waals surface area (Å²) in [7, 11) is 0. The van der Waals surface area contributed by atoms with Crippen LogP contribution in [0.1, 0.15) is 34.1 Å². The van der Waals surface area contributed by atoms with Crippen LogP contribution in [0.4, 0.5) is 5.69 Å². The monoisotopic (exact) mass is 331 g/mol. The maximum atomic E-state index is 12.1. The second kappa shape index (κ2) is 5.86. The summed E-state index contributed by atoms with van der Waals surface area (Å²) >= 11 is 1.57. The molecule has 1 atom stereocenters. The van der Waals surface area contributed by atoms with Crippen LogP contribution >= 0.6 is 11.8 Å². The first-order valence-electron chi connectivity index (χ1n) is 8.16. The van der Waals surface area contributed by atoms with Gasteiger partial charge in [0.15, 0.2) is 5.17 Å². The Kier molecular flexibility index (Phi) is 4.17. The van der Waals surface area contributed by atoms with E-state index in [-0.39, 0.29) is 22.0 Å². The van der Waals surface area contributed by atoms with Gasteiger partial charge in [-0.05, 0) is 29.4 Å². The van der Waals surface area contributed by atoms with Crippen molar-refractivity contribution in [2.24, 2.45) is 15.8 Å². The molecule has 124 valence electrons. The Morgan fingerprint density at radius 2 is 1.83 bits per heavy atom. The number of carbonyl (C=O) groups is 1. The number of nitrogens with zero attached hydrogens (tertiary/aromatic N) is 1. The van der Waals surface area contributed by atoms with Crippen LogP contribution in [0.3, 0.4) is 0 Å². The Bertz CT molecular complexity index is 610. The number of rotatable bonds is 5. The number of amidine groups is 1. The third kappa shape index (κ3) is 3.11. The van der Waals surface area contributed by atoms with Gasteiger partial charge in [-0.25, -0.2) is 0 Å². The van der Waals surface area contributed by atoms with Crippen molar-refractivity contribution < 1.29 is 4.79 Å². The zero-order valence-electron chi connectivity index (χ0n) is 14.2. The molecule has 2 aliphatic rings. The highest BCUT2D eigenvalue weighted by Gasteiger charge is 2.65. The van der Waals surface area contributed by atoms with Crippen molar-refractivity contribution in [2.45, 2.75) is 45.4 Å². The van der Waals surface area contributed by atoms with Crippen molar-refractivity contribution in [2.75, 3.05) is 11.9 Å². The second-order valence-electron chi connectivity index (χ2n) is 7.46. The van der Waals surface area contributed by atoms with Gasteiger partial charge in [-0.3, -0.25) is 9.79 Å². The molecule has 1 saturated heterocycles. The van der Waals surface area contributed by atoms with Crippen molar-refractivity contribution in [3.8, 4) is 0 Å². The van der Waals surface area contributed by atoms with Gasteiger partial charge < -0.3 is 10.6 Å². The van der Waals surface area contributed by atoms with E-state index in [0.717, 1.165) is 23.8 Å². The maximum Gasteiger partial charge on any atom is 0.239 e. The van der Waals surface area contributed by atoms with E-state index in [9.17, 15) is 4.79 Å². The smallest absolute Gasteiger partial charge is 0.239 e. The van der Waals surface area contributed by atoms with Gasteiger partial charge in [0.1, 0.15) is 0 Å². The predicted molar refractivity (Wildman–Crippen MR) is 97.9 cm³/mol. The molecular weight excluding hydrogens is 306 g/mol. The molecule has 2 fully saturated rings. The molecule has 1 aromatic carbocycles. The third-order valence-electron chi connectivity index (χ3n) is 5.48. The fourth-order valence-corrected chi connectivity index (χ4v) is 4.16. The number of thioether (sulfide) groups is 1. The molecule has 1 heterocycles. The molecular formula is C18H25N3OS. The van der Waals surface area contributed by atoms with E-state index in [4.69, 9.17) is 4.99 Å². The van der Waals surface area contributed by atoms with Gasteiger partial charge in [0.25, 0.3) is 0 Å². The first-order chi connectivity index (χ1) is 10.8. The quantitative estimate of drug-likeness (QED) is 0.868. The number of aliphatic imine (C=N–C) groups is 1. The zero-order valence-corrected chi connectivity index (χ0v) is 15.0. The van der Waals surface area contributed by atoms with Crippen LogP contribution in [0.25, 0.3) is 0 Å². The normalized spacial score (nSPS) is 27.0. The van der Waals surface area contributed by atoms with Gasteiger partial charge >= 0.3 is 0 Å². The molecule has 2 N–H and O–H groups in total. The van der Waals surface area contributed by atoms with E-state index in [0.29, 0.717) is 6.04 Å². The average molecular weight is 331 g/mol. The van der Waals surface area contributed by atoms with Gasteiger partial charge in [0, 0.05) is 12.2 Å². The number of hydrogen-bond donors (Lipinski definition) is 2. The highest BCUT2D eigenvalue weighted by molar-refractivity contribution is 8.15. The van der Waals surface area contributed by atoms with Crippen LogP contribution in [0.2, 0.25) is 0 Å². The van der Waals surface area contributed by atoms with Crippen LogP contribution in [0.5, 0.6) is 0 Å². The van der Waals surface area contributed by atoms with Gasteiger partial charge in [-0.1, -0.05) is 57.7 Å². The minimum absolute atomic E-state index is 0.0464. The minimum Gasteiger partial charge on any atom is -0.385 e. The van der Waals surface area contributed by atoms with Crippen LogP contribution in [-0.4, -0.2) is 28.9 Å². The number of nitrogens with one attached hydrogen (secondary N) is 2. The standard InChI is InChI=1S/C18H25N3OS/c1-17(2)15(18(17,3)4)21-16-20-14(22)13(23-16)10-11-19-12-8-6-5-7-9-12/h5-9,13,15,19H,10-11H2,1-4H3,(H,20,21,22). The number of carbonyl (C=O) groups excluding carboxylic acids is 1. The largest absolute Gasteiger partial charge is 0.385 e. The predicted octanol–water partition coefficient (Wildman–Crippen LogP) is 3.51. The Balaban J connectivity index is 1.52. The lowest BCUT2D eigenvalue weighted by molar-refractivity contribution is -0.118. The lowest BCUT2D eigenvalue weighted by Gasteiger charge is -2.08. The van der Waals surface area contributed by atoms with Crippen LogP contribution in [0, 0.1) is 10.8 Å². The number of benzene rings is 1. The Labute approximate surface area is 142 Å². The Morgan fingerprint density at radius 3 is 2.43 bits per heavy atom. The van der Waals surface area contributed by atoms with Gasteiger partial charge in [0.05, 0.1) is 11.3 Å². The van der Waals surface area contributed by atoms with E-state index in [1.807, 2.05) is 30.3 Å². The van der Waals surface area contributed by atoms with E-state index < -0.39 is 0 Å². The minimum atomic E-state index is -0.0464. The molecule has 1 saturated carbocycles. The first-order valence-corrected chi connectivity index (χ1v) is 9.04. The van der Waals surface area contributed by atoms with E-state index in [1.54, 1.807) is 11.8 Å². The third-order valence-corrected chi connectivity index (χ3v) is 6.64. The summed E-state index contributed by atoms with van der Waals surface area (Å²) in [5.74, 6) is 0.0832. The van der Waals surface area contributed by atoms with E-state index in [2.05, 4.69) is 38.3 Å². The summed E-state index contributed by atoms with van der Waals surface area (Å²) in [5, 5.41) is 7.05. The molecule has 0 aromatic heterocycles. The molecule has 0 bridgehead atoms.